The molecule has 0 amide bonds. The first-order valence-electron chi connectivity index (χ1n) is 5.80. The molecule has 2 N–H and O–H groups in total. The van der Waals surface area contributed by atoms with E-state index in [0.29, 0.717) is 6.42 Å². The molecule has 0 heterocycles. The third-order valence-corrected chi connectivity index (χ3v) is 1.92. The molecule has 1 atom stereocenters. The van der Waals surface area contributed by atoms with Crippen molar-refractivity contribution in [2.24, 2.45) is 5.92 Å². The maximum atomic E-state index is 11.4. The average Bonchev–Trinajstić information content (AvgIpc) is 2.08. The van der Waals surface area contributed by atoms with Gasteiger partial charge in [0, 0.05) is 0 Å². The maximum Gasteiger partial charge on any atom is 0.320 e. The molecule has 0 saturated heterocycles. The second-order valence-corrected chi connectivity index (χ2v) is 5.49. The number of carbonyl (C=O) groups excluding carboxylic acids is 1. The summed E-state index contributed by atoms with van der Waals surface area (Å²) in [6, 6.07) is -0.706. The van der Waals surface area contributed by atoms with Crippen LogP contribution in [-0.4, -0.2) is 35.2 Å². The van der Waals surface area contributed by atoms with Crippen molar-refractivity contribution in [1.82, 2.24) is 5.32 Å². The molecule has 0 rings (SSSR count). The van der Waals surface area contributed by atoms with Gasteiger partial charge in [-0.2, -0.15) is 0 Å². The Labute approximate surface area is 103 Å². The lowest BCUT2D eigenvalue weighted by molar-refractivity contribution is -0.154. The molecule has 5 heteroatoms. The van der Waals surface area contributed by atoms with Crippen LogP contribution >= 0.6 is 0 Å². The molecule has 0 aliphatic heterocycles. The Hall–Kier alpha value is -1.10. The fourth-order valence-electron chi connectivity index (χ4n) is 1.33. The zero-order valence-corrected chi connectivity index (χ0v) is 11.2. The topological polar surface area (TPSA) is 75.6 Å². The first kappa shape index (κ1) is 15.9. The number of aliphatic carboxylic acids is 1. The van der Waals surface area contributed by atoms with Gasteiger partial charge in [0.2, 0.25) is 0 Å². The van der Waals surface area contributed by atoms with Crippen LogP contribution in [0.2, 0.25) is 0 Å². The Kier molecular flexibility index (Phi) is 6.16. The number of rotatable bonds is 6. The predicted octanol–water partition coefficient (Wildman–Crippen LogP) is 1.42. The van der Waals surface area contributed by atoms with Crippen LogP contribution in [-0.2, 0) is 14.3 Å². The SMILES string of the molecule is CC(C)CC(NCC(=O)OC(C)(C)C)C(=O)O. The number of carboxylic acids is 1. The number of carbonyl (C=O) groups is 2. The van der Waals surface area contributed by atoms with Gasteiger partial charge in [0.15, 0.2) is 0 Å². The van der Waals surface area contributed by atoms with Crippen LogP contribution in [0.25, 0.3) is 0 Å². The van der Waals surface area contributed by atoms with E-state index in [1.807, 2.05) is 13.8 Å². The van der Waals surface area contributed by atoms with E-state index in [-0.39, 0.29) is 12.5 Å². The highest BCUT2D eigenvalue weighted by molar-refractivity contribution is 5.76. The number of hydrogen-bond donors (Lipinski definition) is 2. The van der Waals surface area contributed by atoms with E-state index >= 15 is 0 Å². The smallest absolute Gasteiger partial charge is 0.320 e. The van der Waals surface area contributed by atoms with Crippen molar-refractivity contribution in [3.63, 3.8) is 0 Å². The van der Waals surface area contributed by atoms with Gasteiger partial charge in [-0.05, 0) is 33.1 Å². The summed E-state index contributed by atoms with van der Waals surface area (Å²) in [4.78, 5) is 22.3. The van der Waals surface area contributed by atoms with E-state index < -0.39 is 23.6 Å². The van der Waals surface area contributed by atoms with E-state index in [1.54, 1.807) is 20.8 Å². The van der Waals surface area contributed by atoms with Crippen LogP contribution in [0.15, 0.2) is 0 Å². The second-order valence-electron chi connectivity index (χ2n) is 5.49. The molecule has 1 unspecified atom stereocenters. The van der Waals surface area contributed by atoms with E-state index in [2.05, 4.69) is 5.32 Å². The minimum absolute atomic E-state index is 0.0824. The average molecular weight is 245 g/mol. The second kappa shape index (κ2) is 6.59. The molecule has 0 fully saturated rings. The Balaban J connectivity index is 4.13. The first-order valence-corrected chi connectivity index (χ1v) is 5.80. The van der Waals surface area contributed by atoms with Crippen molar-refractivity contribution >= 4 is 11.9 Å². The summed E-state index contributed by atoms with van der Waals surface area (Å²) >= 11 is 0. The molecule has 100 valence electrons. The summed E-state index contributed by atoms with van der Waals surface area (Å²) in [5, 5.41) is 11.7. The third-order valence-electron chi connectivity index (χ3n) is 1.92. The molecule has 0 spiro atoms. The Bertz CT molecular complexity index is 268. The van der Waals surface area contributed by atoms with Gasteiger partial charge in [0.05, 0.1) is 6.54 Å². The van der Waals surface area contributed by atoms with Crippen LogP contribution in [0.4, 0.5) is 0 Å². The lowest BCUT2D eigenvalue weighted by Crippen LogP contribution is -2.42. The Morgan fingerprint density at radius 2 is 1.82 bits per heavy atom. The minimum atomic E-state index is -0.942. The van der Waals surface area contributed by atoms with Crippen molar-refractivity contribution in [3.8, 4) is 0 Å². The number of ether oxygens (including phenoxy) is 1. The molecule has 0 saturated carbocycles. The van der Waals surface area contributed by atoms with Gasteiger partial charge in [0.25, 0.3) is 0 Å². The van der Waals surface area contributed by atoms with Gasteiger partial charge < -0.3 is 9.84 Å². The van der Waals surface area contributed by atoms with Gasteiger partial charge in [-0.25, -0.2) is 0 Å². The summed E-state index contributed by atoms with van der Waals surface area (Å²) in [6.45, 7) is 9.10. The van der Waals surface area contributed by atoms with Crippen LogP contribution in [0.3, 0.4) is 0 Å². The third kappa shape index (κ3) is 8.68. The molecule has 0 aromatic heterocycles. The maximum absolute atomic E-state index is 11.4. The van der Waals surface area contributed by atoms with Crippen LogP contribution < -0.4 is 5.32 Å². The fraction of sp³-hybridized carbons (Fsp3) is 0.833. The van der Waals surface area contributed by atoms with Crippen molar-refractivity contribution in [3.05, 3.63) is 0 Å². The quantitative estimate of drug-likeness (QED) is 0.692. The largest absolute Gasteiger partial charge is 0.480 e. The van der Waals surface area contributed by atoms with E-state index in [4.69, 9.17) is 9.84 Å². The van der Waals surface area contributed by atoms with Crippen LogP contribution in [0, 0.1) is 5.92 Å². The summed E-state index contributed by atoms with van der Waals surface area (Å²) in [7, 11) is 0. The summed E-state index contributed by atoms with van der Waals surface area (Å²) < 4.78 is 5.08. The van der Waals surface area contributed by atoms with Gasteiger partial charge in [-0.1, -0.05) is 13.8 Å². The fourth-order valence-corrected chi connectivity index (χ4v) is 1.33. The number of esters is 1. The van der Waals surface area contributed by atoms with Gasteiger partial charge in [-0.15, -0.1) is 0 Å². The van der Waals surface area contributed by atoms with Gasteiger partial charge >= 0.3 is 11.9 Å². The summed E-state index contributed by atoms with van der Waals surface area (Å²) in [6.07, 6.45) is 0.484. The van der Waals surface area contributed by atoms with Gasteiger partial charge in [-0.3, -0.25) is 14.9 Å². The molecule has 0 aliphatic rings. The van der Waals surface area contributed by atoms with Crippen molar-refractivity contribution in [2.75, 3.05) is 6.54 Å². The molecule has 0 radical (unpaired) electrons. The molecular formula is C12H23NO4. The van der Waals surface area contributed by atoms with E-state index in [0.717, 1.165) is 0 Å². The lowest BCUT2D eigenvalue weighted by atomic mass is 10.0. The summed E-state index contributed by atoms with van der Waals surface area (Å²) in [5.41, 5.74) is -0.546. The Morgan fingerprint density at radius 1 is 1.29 bits per heavy atom. The molecule has 0 bridgehead atoms. The minimum Gasteiger partial charge on any atom is -0.480 e. The number of hydrogen-bond acceptors (Lipinski definition) is 4. The van der Waals surface area contributed by atoms with Crippen molar-refractivity contribution in [1.29, 1.82) is 0 Å². The highest BCUT2D eigenvalue weighted by Crippen LogP contribution is 2.07. The van der Waals surface area contributed by atoms with E-state index in [1.165, 1.54) is 0 Å². The Morgan fingerprint density at radius 3 is 2.18 bits per heavy atom. The lowest BCUT2D eigenvalue weighted by Gasteiger charge is -2.21. The number of carboxylic acid groups (broad SMARTS) is 1. The predicted molar refractivity (Wildman–Crippen MR) is 64.7 cm³/mol. The van der Waals surface area contributed by atoms with Crippen LogP contribution in [0.5, 0.6) is 0 Å². The molecular weight excluding hydrogens is 222 g/mol. The van der Waals surface area contributed by atoms with Crippen molar-refractivity contribution < 1.29 is 19.4 Å². The van der Waals surface area contributed by atoms with Gasteiger partial charge in [0.1, 0.15) is 11.6 Å². The summed E-state index contributed by atoms with van der Waals surface area (Å²) in [5.74, 6) is -1.13. The number of nitrogens with one attached hydrogen (secondary N) is 1. The molecule has 0 aliphatic carbocycles. The highest BCUT2D eigenvalue weighted by atomic mass is 16.6. The normalized spacial score (nSPS) is 13.5. The first-order chi connectivity index (χ1) is 7.61. The molecule has 0 aromatic carbocycles. The zero-order chi connectivity index (χ0) is 13.6. The molecule has 17 heavy (non-hydrogen) atoms. The van der Waals surface area contributed by atoms with Crippen LogP contribution in [0.1, 0.15) is 41.0 Å². The highest BCUT2D eigenvalue weighted by Gasteiger charge is 2.21. The standard InChI is InChI=1S/C12H23NO4/c1-8(2)6-9(11(15)16)13-7-10(14)17-12(3,4)5/h8-9,13H,6-7H2,1-5H3,(H,15,16). The molecule has 0 aromatic rings. The molecule has 5 nitrogen and oxygen atoms in total. The zero-order valence-electron chi connectivity index (χ0n) is 11.2. The van der Waals surface area contributed by atoms with Crippen molar-refractivity contribution in [2.45, 2.75) is 52.7 Å². The monoisotopic (exact) mass is 245 g/mol. The van der Waals surface area contributed by atoms with E-state index in [9.17, 15) is 9.59 Å².